The molecule has 1 N–H and O–H groups in total. The van der Waals surface area contributed by atoms with E-state index >= 15 is 0 Å². The first-order chi connectivity index (χ1) is 31.3. The molecule has 5 aromatic carbocycles. The van der Waals surface area contributed by atoms with Gasteiger partial charge in [-0.1, -0.05) is 152 Å². The molecule has 0 spiro atoms. The van der Waals surface area contributed by atoms with Crippen molar-refractivity contribution in [1.82, 2.24) is 0 Å². The molecule has 2 fully saturated rings. The molecular formula is C51H56O13. The third kappa shape index (κ3) is 13.6. The number of carbonyl (C=O) groups is 2. The van der Waals surface area contributed by atoms with Gasteiger partial charge in [0.2, 0.25) is 0 Å². The molecule has 0 aliphatic carbocycles. The van der Waals surface area contributed by atoms with Gasteiger partial charge >= 0.3 is 11.9 Å². The van der Waals surface area contributed by atoms with E-state index in [1.807, 2.05) is 152 Å². The summed E-state index contributed by atoms with van der Waals surface area (Å²) >= 11 is 0. The summed E-state index contributed by atoms with van der Waals surface area (Å²) in [5.74, 6) is -1.44. The van der Waals surface area contributed by atoms with Crippen molar-refractivity contribution in [3.8, 4) is 0 Å². The summed E-state index contributed by atoms with van der Waals surface area (Å²) in [5.41, 5.74) is 4.59. The van der Waals surface area contributed by atoms with Gasteiger partial charge in [-0.05, 0) is 27.8 Å². The Morgan fingerprint density at radius 1 is 0.438 bits per heavy atom. The van der Waals surface area contributed by atoms with Gasteiger partial charge in [0.25, 0.3) is 0 Å². The van der Waals surface area contributed by atoms with E-state index in [1.165, 1.54) is 13.8 Å². The maximum Gasteiger partial charge on any atom is 0.303 e. The van der Waals surface area contributed by atoms with Crippen LogP contribution < -0.4 is 0 Å². The number of aliphatic hydroxyl groups excluding tert-OH is 1. The number of rotatable bonds is 21. The average molecular weight is 877 g/mol. The van der Waals surface area contributed by atoms with E-state index in [-0.39, 0.29) is 46.2 Å². The summed E-state index contributed by atoms with van der Waals surface area (Å²) in [6, 6.07) is 48.5. The summed E-state index contributed by atoms with van der Waals surface area (Å²) in [4.78, 5) is 25.3. The van der Waals surface area contributed by atoms with Crippen LogP contribution in [0.2, 0.25) is 0 Å². The third-order valence-corrected chi connectivity index (χ3v) is 10.7. The largest absolute Gasteiger partial charge is 0.455 e. The Kier molecular flexibility index (Phi) is 17.6. The third-order valence-electron chi connectivity index (χ3n) is 10.7. The van der Waals surface area contributed by atoms with Gasteiger partial charge in [0.1, 0.15) is 36.6 Å². The molecule has 0 saturated carbocycles. The lowest BCUT2D eigenvalue weighted by Crippen LogP contribution is -2.66. The van der Waals surface area contributed by atoms with Crippen LogP contribution in [0.1, 0.15) is 41.7 Å². The smallest absolute Gasteiger partial charge is 0.303 e. The zero-order valence-electron chi connectivity index (χ0n) is 36.0. The molecule has 2 saturated heterocycles. The minimum Gasteiger partial charge on any atom is -0.455 e. The number of esters is 2. The van der Waals surface area contributed by atoms with Crippen LogP contribution >= 0.6 is 0 Å². The molecule has 5 aromatic rings. The quantitative estimate of drug-likeness (QED) is 0.0767. The van der Waals surface area contributed by atoms with E-state index in [0.29, 0.717) is 0 Å². The summed E-state index contributed by atoms with van der Waals surface area (Å²) in [5, 5.41) is 11.3. The molecule has 7 rings (SSSR count). The predicted molar refractivity (Wildman–Crippen MR) is 233 cm³/mol. The number of benzene rings is 5. The average Bonchev–Trinajstić information content (AvgIpc) is 3.31. The van der Waals surface area contributed by atoms with Crippen molar-refractivity contribution in [2.24, 2.45) is 0 Å². The van der Waals surface area contributed by atoms with E-state index < -0.39 is 73.4 Å². The molecule has 0 bridgehead atoms. The fourth-order valence-corrected chi connectivity index (χ4v) is 7.72. The van der Waals surface area contributed by atoms with E-state index in [1.54, 1.807) is 0 Å². The second-order valence-corrected chi connectivity index (χ2v) is 15.6. The van der Waals surface area contributed by atoms with Crippen LogP contribution in [0.5, 0.6) is 0 Å². The van der Waals surface area contributed by atoms with Gasteiger partial charge in [0.05, 0.1) is 46.2 Å². The molecule has 338 valence electrons. The first-order valence-corrected chi connectivity index (χ1v) is 21.5. The number of hydrogen-bond acceptors (Lipinski definition) is 13. The molecule has 0 aromatic heterocycles. The van der Waals surface area contributed by atoms with Crippen LogP contribution in [0.25, 0.3) is 0 Å². The van der Waals surface area contributed by atoms with Crippen molar-refractivity contribution >= 4 is 11.9 Å². The lowest BCUT2D eigenvalue weighted by atomic mass is 9.96. The Morgan fingerprint density at radius 2 is 0.797 bits per heavy atom. The van der Waals surface area contributed by atoms with Crippen LogP contribution in [0.4, 0.5) is 0 Å². The van der Waals surface area contributed by atoms with E-state index in [0.717, 1.165) is 27.8 Å². The molecule has 2 aliphatic rings. The van der Waals surface area contributed by atoms with Gasteiger partial charge < -0.3 is 52.5 Å². The highest BCUT2D eigenvalue weighted by atomic mass is 16.8. The number of ether oxygens (including phenoxy) is 10. The first kappa shape index (κ1) is 46.7. The van der Waals surface area contributed by atoms with Crippen molar-refractivity contribution in [3.05, 3.63) is 179 Å². The molecule has 10 atom stereocenters. The standard InChI is InChI=1S/C51H56O13/c1-35(52)60-47-45(43(62-50(54)48(47)61-36(2)53)34-56-29-38-20-10-4-11-21-38)64-51-49(59-32-41-26-16-7-17-27-41)46(58-31-40-24-14-6-15-25-40)44(57-30-39-22-12-5-13-23-39)42(63-51)33-55-28-37-18-8-3-9-19-37/h3-27,42-51,54H,28-34H2,1-2H3/t42-,43-,44+,45+,46+,47+,48-,49-,50-,51-/m1/s1. The van der Waals surface area contributed by atoms with Gasteiger partial charge in [-0.25, -0.2) is 0 Å². The van der Waals surface area contributed by atoms with Gasteiger partial charge in [0, 0.05) is 13.8 Å². The Labute approximate surface area is 374 Å². The Morgan fingerprint density at radius 3 is 1.22 bits per heavy atom. The zero-order valence-corrected chi connectivity index (χ0v) is 36.0. The van der Waals surface area contributed by atoms with Crippen molar-refractivity contribution in [2.75, 3.05) is 13.2 Å². The van der Waals surface area contributed by atoms with Crippen LogP contribution in [-0.4, -0.2) is 91.7 Å². The number of aliphatic hydroxyl groups is 1. The maximum absolute atomic E-state index is 12.8. The van der Waals surface area contributed by atoms with Gasteiger partial charge in [-0.3, -0.25) is 9.59 Å². The predicted octanol–water partition coefficient (Wildman–Crippen LogP) is 6.87. The van der Waals surface area contributed by atoms with Crippen LogP contribution in [0.3, 0.4) is 0 Å². The van der Waals surface area contributed by atoms with Gasteiger partial charge in [0.15, 0.2) is 24.8 Å². The minimum atomic E-state index is -1.70. The number of hydrogen-bond donors (Lipinski definition) is 1. The maximum atomic E-state index is 12.8. The fourth-order valence-electron chi connectivity index (χ4n) is 7.72. The van der Waals surface area contributed by atoms with E-state index in [4.69, 9.17) is 47.4 Å². The second kappa shape index (κ2) is 24.1. The monoisotopic (exact) mass is 876 g/mol. The lowest BCUT2D eigenvalue weighted by molar-refractivity contribution is -0.368. The van der Waals surface area contributed by atoms with Crippen molar-refractivity contribution in [1.29, 1.82) is 0 Å². The summed E-state index contributed by atoms with van der Waals surface area (Å²) in [7, 11) is 0. The molecule has 0 radical (unpaired) electrons. The summed E-state index contributed by atoms with van der Waals surface area (Å²) in [6.45, 7) is 3.37. The SMILES string of the molecule is CC(=O)O[C@@H]1[C@@H](OC(C)=O)[C@H](O)O[C@H](COCc2ccccc2)[C@@H]1O[C@H]1O[C@H](COCc2ccccc2)[C@H](OCc2ccccc2)[C@H](OCc2ccccc2)[C@H]1OCc1ccccc1. The lowest BCUT2D eigenvalue weighted by Gasteiger charge is -2.49. The molecule has 0 amide bonds. The van der Waals surface area contributed by atoms with Crippen LogP contribution in [0.15, 0.2) is 152 Å². The summed E-state index contributed by atoms with van der Waals surface area (Å²) in [6.07, 6.45) is -11.6. The highest BCUT2D eigenvalue weighted by molar-refractivity contribution is 5.67. The fraction of sp³-hybridized carbons (Fsp3) is 0.373. The van der Waals surface area contributed by atoms with Gasteiger partial charge in [-0.2, -0.15) is 0 Å². The second-order valence-electron chi connectivity index (χ2n) is 15.6. The van der Waals surface area contributed by atoms with Crippen molar-refractivity contribution in [3.63, 3.8) is 0 Å². The minimum absolute atomic E-state index is 0.0533. The Hall–Kier alpha value is -5.32. The first-order valence-electron chi connectivity index (χ1n) is 21.5. The highest BCUT2D eigenvalue weighted by Gasteiger charge is 2.55. The topological polar surface area (TPSA) is 147 Å². The van der Waals surface area contributed by atoms with E-state index in [2.05, 4.69) is 0 Å². The van der Waals surface area contributed by atoms with Crippen molar-refractivity contribution in [2.45, 2.75) is 108 Å². The summed E-state index contributed by atoms with van der Waals surface area (Å²) < 4.78 is 64.5. The van der Waals surface area contributed by atoms with E-state index in [9.17, 15) is 14.7 Å². The Bertz CT molecular complexity index is 2110. The molecule has 2 heterocycles. The highest BCUT2D eigenvalue weighted by Crippen LogP contribution is 2.36. The molecule has 2 aliphatic heterocycles. The molecule has 0 unspecified atom stereocenters. The normalized spacial score (nSPS) is 25.6. The van der Waals surface area contributed by atoms with Crippen LogP contribution in [-0.2, 0) is 90.0 Å². The van der Waals surface area contributed by atoms with Gasteiger partial charge in [-0.15, -0.1) is 0 Å². The molecule has 13 nitrogen and oxygen atoms in total. The Balaban J connectivity index is 1.27. The van der Waals surface area contributed by atoms with Crippen molar-refractivity contribution < 1.29 is 62.1 Å². The number of carbonyl (C=O) groups excluding carboxylic acids is 2. The molecule has 64 heavy (non-hydrogen) atoms. The molecular weight excluding hydrogens is 821 g/mol. The zero-order chi connectivity index (χ0) is 44.5. The molecule has 13 heteroatoms. The van der Waals surface area contributed by atoms with Crippen LogP contribution in [0, 0.1) is 0 Å².